The zero-order valence-electron chi connectivity index (χ0n) is 12.2. The maximum absolute atomic E-state index is 5.96. The van der Waals surface area contributed by atoms with Crippen molar-refractivity contribution in [1.82, 2.24) is 0 Å². The minimum Gasteiger partial charge on any atom is -0.371 e. The minimum absolute atomic E-state index is 0.155. The fourth-order valence-electron chi connectivity index (χ4n) is 1.71. The Bertz CT molecular complexity index is 226. The molecule has 1 atom stereocenters. The molecule has 0 fully saturated rings. The molecule has 0 aromatic heterocycles. The van der Waals surface area contributed by atoms with Gasteiger partial charge >= 0.3 is 0 Å². The van der Waals surface area contributed by atoms with Crippen LogP contribution in [0.15, 0.2) is 24.3 Å². The largest absolute Gasteiger partial charge is 0.371 e. The molecule has 100 valence electrons. The van der Waals surface area contributed by atoms with Gasteiger partial charge in [-0.2, -0.15) is 0 Å². The first-order chi connectivity index (χ1) is 8.04. The van der Waals surface area contributed by atoms with Crippen LogP contribution in [-0.2, 0) is 4.74 Å². The van der Waals surface area contributed by atoms with Gasteiger partial charge in [0.05, 0.1) is 5.60 Å². The van der Waals surface area contributed by atoms with Crippen LogP contribution in [0, 0.1) is 0 Å². The molecule has 0 bridgehead atoms. The standard InChI is InChI=1S/C16H30O/c1-6-8-9-10-14-17-16(5,7-2)13-11-12-15(3)4/h7,12H,2,6,8-11,13-14H2,1,3-5H3. The molecule has 0 aromatic rings. The van der Waals surface area contributed by atoms with Crippen molar-refractivity contribution in [2.75, 3.05) is 6.61 Å². The Hall–Kier alpha value is -0.560. The molecule has 0 spiro atoms. The zero-order chi connectivity index (χ0) is 13.1. The summed E-state index contributed by atoms with van der Waals surface area (Å²) < 4.78 is 5.96. The molecule has 17 heavy (non-hydrogen) atoms. The molecule has 0 amide bonds. The quantitative estimate of drug-likeness (QED) is 0.372. The van der Waals surface area contributed by atoms with Gasteiger partial charge in [0.1, 0.15) is 0 Å². The van der Waals surface area contributed by atoms with Crippen molar-refractivity contribution in [3.63, 3.8) is 0 Å². The molecular weight excluding hydrogens is 208 g/mol. The summed E-state index contributed by atoms with van der Waals surface area (Å²) in [4.78, 5) is 0. The number of ether oxygens (including phenoxy) is 1. The molecular formula is C16H30O. The van der Waals surface area contributed by atoms with E-state index in [1.165, 1.54) is 31.3 Å². The second kappa shape index (κ2) is 9.47. The van der Waals surface area contributed by atoms with Crippen LogP contribution in [0.1, 0.15) is 66.2 Å². The van der Waals surface area contributed by atoms with E-state index in [-0.39, 0.29) is 5.60 Å². The Morgan fingerprint density at radius 2 is 1.94 bits per heavy atom. The summed E-state index contributed by atoms with van der Waals surface area (Å²) in [7, 11) is 0. The monoisotopic (exact) mass is 238 g/mol. The molecule has 0 rings (SSSR count). The second-order valence-corrected chi connectivity index (χ2v) is 5.25. The lowest BCUT2D eigenvalue weighted by Crippen LogP contribution is -2.26. The number of hydrogen-bond donors (Lipinski definition) is 0. The smallest absolute Gasteiger partial charge is 0.0834 e. The van der Waals surface area contributed by atoms with E-state index in [0.29, 0.717) is 0 Å². The van der Waals surface area contributed by atoms with Crippen LogP contribution < -0.4 is 0 Å². The Kier molecular flexibility index (Phi) is 9.16. The highest BCUT2D eigenvalue weighted by Gasteiger charge is 2.19. The molecule has 1 nitrogen and oxygen atoms in total. The molecule has 0 heterocycles. The van der Waals surface area contributed by atoms with Gasteiger partial charge in [0.15, 0.2) is 0 Å². The maximum Gasteiger partial charge on any atom is 0.0834 e. The number of rotatable bonds is 10. The average molecular weight is 238 g/mol. The Morgan fingerprint density at radius 3 is 2.47 bits per heavy atom. The molecule has 0 radical (unpaired) electrons. The van der Waals surface area contributed by atoms with Crippen molar-refractivity contribution in [2.24, 2.45) is 0 Å². The van der Waals surface area contributed by atoms with Crippen molar-refractivity contribution in [1.29, 1.82) is 0 Å². The molecule has 0 saturated carbocycles. The van der Waals surface area contributed by atoms with Crippen molar-refractivity contribution < 1.29 is 4.74 Å². The van der Waals surface area contributed by atoms with Crippen LogP contribution in [0.5, 0.6) is 0 Å². The highest BCUT2D eigenvalue weighted by molar-refractivity contribution is 4.99. The van der Waals surface area contributed by atoms with E-state index in [9.17, 15) is 0 Å². The van der Waals surface area contributed by atoms with E-state index >= 15 is 0 Å². The maximum atomic E-state index is 5.96. The van der Waals surface area contributed by atoms with Crippen molar-refractivity contribution in [3.8, 4) is 0 Å². The lowest BCUT2D eigenvalue weighted by molar-refractivity contribution is -0.00157. The minimum atomic E-state index is -0.155. The fourth-order valence-corrected chi connectivity index (χ4v) is 1.71. The predicted octanol–water partition coefficient (Wildman–Crippen LogP) is 5.27. The number of hydrogen-bond acceptors (Lipinski definition) is 1. The lowest BCUT2D eigenvalue weighted by atomic mass is 9.99. The molecule has 1 unspecified atom stereocenters. The van der Waals surface area contributed by atoms with Crippen LogP contribution in [0.4, 0.5) is 0 Å². The summed E-state index contributed by atoms with van der Waals surface area (Å²) >= 11 is 0. The SMILES string of the molecule is C=CC(C)(CCC=C(C)C)OCCCCCC. The van der Waals surface area contributed by atoms with Gasteiger partial charge in [-0.3, -0.25) is 0 Å². The van der Waals surface area contributed by atoms with E-state index in [1.54, 1.807) is 0 Å². The summed E-state index contributed by atoms with van der Waals surface area (Å²) in [6, 6.07) is 0. The van der Waals surface area contributed by atoms with Crippen LogP contribution >= 0.6 is 0 Å². The first-order valence-corrected chi connectivity index (χ1v) is 6.95. The third-order valence-electron chi connectivity index (χ3n) is 3.05. The summed E-state index contributed by atoms with van der Waals surface area (Å²) in [6.07, 6.45) is 11.3. The molecule has 1 heteroatoms. The zero-order valence-corrected chi connectivity index (χ0v) is 12.2. The Morgan fingerprint density at radius 1 is 1.24 bits per heavy atom. The van der Waals surface area contributed by atoms with Gasteiger partial charge in [0, 0.05) is 6.61 Å². The highest BCUT2D eigenvalue weighted by Crippen LogP contribution is 2.20. The lowest BCUT2D eigenvalue weighted by Gasteiger charge is -2.26. The fraction of sp³-hybridized carbons (Fsp3) is 0.750. The second-order valence-electron chi connectivity index (χ2n) is 5.25. The van der Waals surface area contributed by atoms with E-state index in [4.69, 9.17) is 4.74 Å². The molecule has 0 aromatic carbocycles. The van der Waals surface area contributed by atoms with Gasteiger partial charge in [0.25, 0.3) is 0 Å². The predicted molar refractivity (Wildman–Crippen MR) is 77.4 cm³/mol. The van der Waals surface area contributed by atoms with Gasteiger partial charge in [-0.05, 0) is 40.0 Å². The average Bonchev–Trinajstić information content (AvgIpc) is 2.28. The van der Waals surface area contributed by atoms with Gasteiger partial charge < -0.3 is 4.74 Å². The first-order valence-electron chi connectivity index (χ1n) is 6.95. The number of unbranched alkanes of at least 4 members (excludes halogenated alkanes) is 3. The van der Waals surface area contributed by atoms with Gasteiger partial charge in [-0.1, -0.05) is 43.9 Å². The van der Waals surface area contributed by atoms with Crippen LogP contribution in [0.2, 0.25) is 0 Å². The topological polar surface area (TPSA) is 9.23 Å². The summed E-state index contributed by atoms with van der Waals surface area (Å²) in [5.74, 6) is 0. The van der Waals surface area contributed by atoms with Crippen molar-refractivity contribution >= 4 is 0 Å². The van der Waals surface area contributed by atoms with Crippen molar-refractivity contribution in [2.45, 2.75) is 71.8 Å². The van der Waals surface area contributed by atoms with E-state index in [0.717, 1.165) is 19.4 Å². The van der Waals surface area contributed by atoms with Crippen LogP contribution in [0.3, 0.4) is 0 Å². The van der Waals surface area contributed by atoms with Crippen molar-refractivity contribution in [3.05, 3.63) is 24.3 Å². The Labute approximate surface area is 108 Å². The Balaban J connectivity index is 3.85. The van der Waals surface area contributed by atoms with E-state index < -0.39 is 0 Å². The number of allylic oxidation sites excluding steroid dienone is 2. The summed E-state index contributed by atoms with van der Waals surface area (Å²) in [5.41, 5.74) is 1.22. The third kappa shape index (κ3) is 9.17. The first kappa shape index (κ1) is 16.4. The van der Waals surface area contributed by atoms with Gasteiger partial charge in [-0.25, -0.2) is 0 Å². The highest BCUT2D eigenvalue weighted by atomic mass is 16.5. The molecule has 0 aliphatic rings. The normalized spacial score (nSPS) is 14.1. The molecule has 0 aliphatic heterocycles. The van der Waals surface area contributed by atoms with E-state index in [2.05, 4.69) is 40.3 Å². The van der Waals surface area contributed by atoms with Crippen LogP contribution in [-0.4, -0.2) is 12.2 Å². The van der Waals surface area contributed by atoms with Gasteiger partial charge in [-0.15, -0.1) is 6.58 Å². The van der Waals surface area contributed by atoms with Crippen LogP contribution in [0.25, 0.3) is 0 Å². The summed E-state index contributed by atoms with van der Waals surface area (Å²) in [5, 5.41) is 0. The van der Waals surface area contributed by atoms with E-state index in [1.807, 2.05) is 6.08 Å². The van der Waals surface area contributed by atoms with Gasteiger partial charge in [0.2, 0.25) is 0 Å². The third-order valence-corrected chi connectivity index (χ3v) is 3.05. The molecule has 0 N–H and O–H groups in total. The molecule has 0 saturated heterocycles. The molecule has 0 aliphatic carbocycles. The summed E-state index contributed by atoms with van der Waals surface area (Å²) in [6.45, 7) is 13.4.